The van der Waals surface area contributed by atoms with Gasteiger partial charge in [-0.15, -0.1) is 0 Å². The zero-order chi connectivity index (χ0) is 12.9. The predicted octanol–water partition coefficient (Wildman–Crippen LogP) is 3.08. The first-order chi connectivity index (χ1) is 8.22. The Hall–Kier alpha value is -1.67. The molecule has 0 amide bonds. The van der Waals surface area contributed by atoms with E-state index < -0.39 is 0 Å². The molecule has 0 aliphatic carbocycles. The van der Waals surface area contributed by atoms with Gasteiger partial charge in [0.15, 0.2) is 0 Å². The minimum absolute atomic E-state index is 0.355. The summed E-state index contributed by atoms with van der Waals surface area (Å²) < 4.78 is 4.53. The Morgan fingerprint density at radius 3 is 2.65 bits per heavy atom. The summed E-state index contributed by atoms with van der Waals surface area (Å²) in [5.74, 6) is 10.8. The molecule has 0 saturated heterocycles. The second-order valence-electron chi connectivity index (χ2n) is 3.70. The van der Waals surface area contributed by atoms with E-state index in [4.69, 9.17) is 0 Å². The first-order valence-electron chi connectivity index (χ1n) is 5.95. The molecule has 2 heteroatoms. The van der Waals surface area contributed by atoms with Gasteiger partial charge in [0.25, 0.3) is 0 Å². The van der Waals surface area contributed by atoms with Gasteiger partial charge >= 0.3 is 5.97 Å². The molecule has 0 spiro atoms. The highest BCUT2D eigenvalue weighted by Gasteiger charge is 1.99. The summed E-state index contributed by atoms with van der Waals surface area (Å²) >= 11 is 0. The highest BCUT2D eigenvalue weighted by Crippen LogP contribution is 2.00. The number of unbranched alkanes of at least 4 members (excludes halogenated alkanes) is 4. The van der Waals surface area contributed by atoms with Crippen LogP contribution in [-0.2, 0) is 9.53 Å². The van der Waals surface area contributed by atoms with Gasteiger partial charge in [-0.25, -0.2) is 4.79 Å². The summed E-state index contributed by atoms with van der Waals surface area (Å²) in [4.78, 5) is 11.0. The highest BCUT2D eigenvalue weighted by atomic mass is 16.5. The van der Waals surface area contributed by atoms with Crippen molar-refractivity contribution in [2.24, 2.45) is 0 Å². The molecule has 17 heavy (non-hydrogen) atoms. The molecule has 0 saturated carbocycles. The zero-order valence-corrected chi connectivity index (χ0v) is 10.9. The topological polar surface area (TPSA) is 26.3 Å². The van der Waals surface area contributed by atoms with Gasteiger partial charge in [0.05, 0.1) is 7.11 Å². The summed E-state index contributed by atoms with van der Waals surface area (Å²) in [5, 5.41) is 0. The van der Waals surface area contributed by atoms with Crippen LogP contribution in [0.4, 0.5) is 0 Å². The van der Waals surface area contributed by atoms with E-state index in [-0.39, 0.29) is 5.97 Å². The molecule has 0 atom stereocenters. The molecule has 0 fully saturated rings. The molecule has 0 bridgehead atoms. The normalized spacial score (nSPS) is 9.71. The molecule has 0 aromatic rings. The first-order valence-corrected chi connectivity index (χ1v) is 5.95. The van der Waals surface area contributed by atoms with Gasteiger partial charge < -0.3 is 4.74 Å². The van der Waals surface area contributed by atoms with E-state index in [0.29, 0.717) is 5.57 Å². The van der Waals surface area contributed by atoms with Crippen LogP contribution in [0.15, 0.2) is 11.6 Å². The minimum atomic E-state index is -0.355. The van der Waals surface area contributed by atoms with Crippen LogP contribution >= 0.6 is 0 Å². The molecule has 92 valence electrons. The second-order valence-corrected chi connectivity index (χ2v) is 3.70. The fourth-order valence-electron chi connectivity index (χ4n) is 1.15. The molecule has 0 N–H and O–H groups in total. The number of hydrogen-bond donors (Lipinski definition) is 0. The number of carbonyl (C=O) groups excluding carboxylic acids is 1. The second kappa shape index (κ2) is 10.8. The Bertz CT molecular complexity index is 369. The maximum absolute atomic E-state index is 11.0. The lowest BCUT2D eigenvalue weighted by Gasteiger charge is -1.93. The summed E-state index contributed by atoms with van der Waals surface area (Å²) in [6, 6.07) is 0. The summed E-state index contributed by atoms with van der Waals surface area (Å²) in [5.41, 5.74) is 0.491. The number of methoxy groups -OCH3 is 1. The molecule has 0 aliphatic rings. The molecule has 0 aromatic carbocycles. The predicted molar refractivity (Wildman–Crippen MR) is 70.1 cm³/mol. The third kappa shape index (κ3) is 9.27. The maximum atomic E-state index is 11.0. The third-order valence-corrected chi connectivity index (χ3v) is 2.17. The standard InChI is InChI=1S/C15H20O2/c1-4-5-6-7-8-9-10-11-12-13-14(2)15(16)17-3/h13H,4-8H2,1-3H3/b14-13+. The largest absolute Gasteiger partial charge is 0.466 e. The van der Waals surface area contributed by atoms with Crippen molar-refractivity contribution in [2.45, 2.75) is 46.0 Å². The van der Waals surface area contributed by atoms with Crippen molar-refractivity contribution in [2.75, 3.05) is 7.11 Å². The van der Waals surface area contributed by atoms with E-state index in [2.05, 4.69) is 35.3 Å². The van der Waals surface area contributed by atoms with E-state index in [1.165, 1.54) is 32.4 Å². The van der Waals surface area contributed by atoms with Crippen LogP contribution in [-0.4, -0.2) is 13.1 Å². The van der Waals surface area contributed by atoms with Crippen molar-refractivity contribution in [1.82, 2.24) is 0 Å². The van der Waals surface area contributed by atoms with Gasteiger partial charge in [0.2, 0.25) is 0 Å². The highest BCUT2D eigenvalue weighted by molar-refractivity contribution is 5.88. The maximum Gasteiger partial charge on any atom is 0.334 e. The number of allylic oxidation sites excluding steroid dienone is 1. The van der Waals surface area contributed by atoms with Crippen LogP contribution in [0.3, 0.4) is 0 Å². The monoisotopic (exact) mass is 232 g/mol. The van der Waals surface area contributed by atoms with Crippen molar-refractivity contribution in [1.29, 1.82) is 0 Å². The lowest BCUT2D eigenvalue weighted by Crippen LogP contribution is -2.00. The molecule has 2 nitrogen and oxygen atoms in total. The van der Waals surface area contributed by atoms with E-state index in [0.717, 1.165) is 12.8 Å². The number of rotatable bonds is 5. The van der Waals surface area contributed by atoms with E-state index in [1.54, 1.807) is 6.92 Å². The van der Waals surface area contributed by atoms with Gasteiger partial charge in [-0.1, -0.05) is 38.0 Å². The number of esters is 1. The van der Waals surface area contributed by atoms with Crippen molar-refractivity contribution in [3.05, 3.63) is 11.6 Å². The Labute approximate surface area is 104 Å². The molecule has 0 heterocycles. The molecular weight excluding hydrogens is 212 g/mol. The van der Waals surface area contributed by atoms with Gasteiger partial charge in [-0.05, 0) is 31.3 Å². The van der Waals surface area contributed by atoms with Crippen LogP contribution in [0.5, 0.6) is 0 Å². The fraction of sp³-hybridized carbons (Fsp3) is 0.533. The Morgan fingerprint density at radius 2 is 2.00 bits per heavy atom. The van der Waals surface area contributed by atoms with Crippen molar-refractivity contribution >= 4 is 5.97 Å². The molecule has 0 unspecified atom stereocenters. The number of hydrogen-bond acceptors (Lipinski definition) is 2. The average molecular weight is 232 g/mol. The van der Waals surface area contributed by atoms with Crippen molar-refractivity contribution < 1.29 is 9.53 Å². The third-order valence-electron chi connectivity index (χ3n) is 2.17. The fourth-order valence-corrected chi connectivity index (χ4v) is 1.15. The van der Waals surface area contributed by atoms with E-state index in [9.17, 15) is 4.79 Å². The lowest BCUT2D eigenvalue weighted by molar-refractivity contribution is -0.136. The summed E-state index contributed by atoms with van der Waals surface area (Å²) in [6.07, 6.45) is 7.31. The minimum Gasteiger partial charge on any atom is -0.466 e. The molecule has 0 aliphatic heterocycles. The number of carbonyl (C=O) groups is 1. The van der Waals surface area contributed by atoms with Crippen LogP contribution in [0.1, 0.15) is 46.0 Å². The van der Waals surface area contributed by atoms with Crippen LogP contribution in [0, 0.1) is 23.7 Å². The van der Waals surface area contributed by atoms with Crippen molar-refractivity contribution in [3.63, 3.8) is 0 Å². The average Bonchev–Trinajstić information content (AvgIpc) is 2.35. The Balaban J connectivity index is 3.88. The van der Waals surface area contributed by atoms with Gasteiger partial charge in [0, 0.05) is 12.0 Å². The van der Waals surface area contributed by atoms with Crippen LogP contribution < -0.4 is 0 Å². The lowest BCUT2D eigenvalue weighted by atomic mass is 10.2. The van der Waals surface area contributed by atoms with Crippen LogP contribution in [0.2, 0.25) is 0 Å². The van der Waals surface area contributed by atoms with E-state index >= 15 is 0 Å². The molecule has 0 radical (unpaired) electrons. The Kier molecular flexibility index (Phi) is 9.77. The van der Waals surface area contributed by atoms with E-state index in [1.807, 2.05) is 0 Å². The van der Waals surface area contributed by atoms with Crippen molar-refractivity contribution in [3.8, 4) is 23.7 Å². The molecular formula is C15H20O2. The molecule has 0 aromatic heterocycles. The zero-order valence-electron chi connectivity index (χ0n) is 10.9. The van der Waals surface area contributed by atoms with Gasteiger partial charge in [-0.3, -0.25) is 0 Å². The summed E-state index contributed by atoms with van der Waals surface area (Å²) in [7, 11) is 1.35. The Morgan fingerprint density at radius 1 is 1.24 bits per heavy atom. The molecule has 0 rings (SSSR count). The quantitative estimate of drug-likeness (QED) is 0.315. The number of ether oxygens (including phenoxy) is 1. The van der Waals surface area contributed by atoms with Gasteiger partial charge in [0.1, 0.15) is 0 Å². The SMILES string of the molecule is CCCCCCC#CC#C/C=C(\C)C(=O)OC. The first kappa shape index (κ1) is 15.3. The summed E-state index contributed by atoms with van der Waals surface area (Å²) in [6.45, 7) is 3.85. The van der Waals surface area contributed by atoms with Crippen LogP contribution in [0.25, 0.3) is 0 Å². The smallest absolute Gasteiger partial charge is 0.334 e. The van der Waals surface area contributed by atoms with Gasteiger partial charge in [-0.2, -0.15) is 0 Å².